The van der Waals surface area contributed by atoms with Gasteiger partial charge in [0.25, 0.3) is 0 Å². The van der Waals surface area contributed by atoms with Crippen molar-refractivity contribution in [1.29, 1.82) is 0 Å². The van der Waals surface area contributed by atoms with Crippen molar-refractivity contribution in [2.45, 2.75) is 105 Å². The van der Waals surface area contributed by atoms with E-state index in [0.717, 1.165) is 11.4 Å². The first kappa shape index (κ1) is 32.3. The van der Waals surface area contributed by atoms with Gasteiger partial charge in [-0.25, -0.2) is 0 Å². The maximum absolute atomic E-state index is 8.41. The molecule has 2 aromatic rings. The van der Waals surface area contributed by atoms with E-state index < -0.39 is 10.8 Å². The van der Waals surface area contributed by atoms with E-state index >= 15 is 0 Å². The Morgan fingerprint density at radius 1 is 0.581 bits per heavy atom. The number of H-pyrrole nitrogens is 2. The van der Waals surface area contributed by atoms with Gasteiger partial charge in [-0.05, 0) is 12.1 Å². The minimum Gasteiger partial charge on any atom is -0.357 e. The summed E-state index contributed by atoms with van der Waals surface area (Å²) in [7, 11) is -2.85. The third-order valence-corrected chi connectivity index (χ3v) is 4.31. The number of rotatable bonds is 0. The van der Waals surface area contributed by atoms with Gasteiger partial charge in [-0.15, -0.1) is 0 Å². The Hall–Kier alpha value is -0.891. The first-order valence-electron chi connectivity index (χ1n) is 10.0. The van der Waals surface area contributed by atoms with E-state index in [4.69, 9.17) is 14.0 Å². The normalized spacial score (nSPS) is 12.4. The van der Waals surface area contributed by atoms with Crippen LogP contribution in [0.1, 0.15) is 106 Å². The molecule has 0 spiro atoms. The van der Waals surface area contributed by atoms with Crippen LogP contribution in [-0.2, 0) is 38.7 Å². The molecule has 2 rings (SSSR count). The Balaban J connectivity index is 0. The molecule has 0 saturated carbocycles. The molecule has 0 radical (unpaired) electrons. The van der Waals surface area contributed by atoms with Crippen LogP contribution in [0.25, 0.3) is 0 Å². The zero-order chi connectivity index (χ0) is 24.1. The van der Waals surface area contributed by atoms with Gasteiger partial charge in [-0.2, -0.15) is 10.2 Å². The maximum Gasteiger partial charge on any atom is 1.00 e. The monoisotopic (exact) mass is 506 g/mol. The van der Waals surface area contributed by atoms with Crippen LogP contribution >= 0.6 is 0 Å². The third-order valence-electron chi connectivity index (χ3n) is 4.31. The quantitative estimate of drug-likeness (QED) is 0.530. The summed E-state index contributed by atoms with van der Waals surface area (Å²) in [6.45, 7) is 26.2. The minimum absolute atomic E-state index is 0. The van der Waals surface area contributed by atoms with Crippen LogP contribution < -0.4 is 14.0 Å². The van der Waals surface area contributed by atoms with Gasteiger partial charge in [0.2, 0.25) is 0 Å². The van der Waals surface area contributed by atoms with Crippen LogP contribution in [0.3, 0.4) is 0 Å². The number of nitrogens with zero attached hydrogens (tertiary/aromatic N) is 2. The molecular formula is C22H40ClCuN4O3. The van der Waals surface area contributed by atoms with Gasteiger partial charge in [0.05, 0.1) is 22.2 Å². The molecule has 9 heteroatoms. The Bertz CT molecular complexity index is 639. The summed E-state index contributed by atoms with van der Waals surface area (Å²) in [5.74, 6) is 0. The fourth-order valence-corrected chi connectivity index (χ4v) is 2.18. The van der Waals surface area contributed by atoms with Crippen molar-refractivity contribution >= 4 is 0 Å². The molecule has 0 amide bonds. The molecule has 2 N–H and O–H groups in total. The number of hydrogen-bond donors (Lipinski definition) is 2. The third kappa shape index (κ3) is 12.7. The van der Waals surface area contributed by atoms with Gasteiger partial charge in [-0.3, -0.25) is 10.2 Å². The van der Waals surface area contributed by atoms with Crippen molar-refractivity contribution < 1.29 is 41.8 Å². The molecule has 184 valence electrons. The van der Waals surface area contributed by atoms with Crippen molar-refractivity contribution in [3.05, 3.63) is 34.9 Å². The summed E-state index contributed by atoms with van der Waals surface area (Å²) in [5.41, 5.74) is 5.29. The summed E-state index contributed by atoms with van der Waals surface area (Å²) < 4.78 is 25.2. The molecule has 0 saturated heterocycles. The standard InChI is InChI=1S/2C11H20N2.ClO3.Cu/c2*1-10(2,3)8-7-9(13-12-8)11(4,5)6;2-1(3)4;/h2*7H,1-6H3,(H,12,13);;/q;;-1;+1. The number of aromatic amines is 2. The fourth-order valence-electron chi connectivity index (χ4n) is 2.18. The topological polar surface area (TPSA) is 127 Å². The second kappa shape index (κ2) is 11.8. The van der Waals surface area contributed by atoms with Crippen molar-refractivity contribution in [2.24, 2.45) is 0 Å². The molecule has 0 unspecified atom stereocenters. The average Bonchev–Trinajstić information content (AvgIpc) is 3.15. The van der Waals surface area contributed by atoms with E-state index in [1.165, 1.54) is 11.4 Å². The Morgan fingerprint density at radius 2 is 0.806 bits per heavy atom. The molecule has 2 heterocycles. The zero-order valence-electron chi connectivity index (χ0n) is 21.0. The molecule has 0 aliphatic heterocycles. The van der Waals surface area contributed by atoms with E-state index in [0.29, 0.717) is 0 Å². The van der Waals surface area contributed by atoms with Crippen molar-refractivity contribution in [3.63, 3.8) is 0 Å². The summed E-state index contributed by atoms with van der Waals surface area (Å²) >= 11 is 0. The number of hydrogen-bond acceptors (Lipinski definition) is 5. The second-order valence-corrected chi connectivity index (χ2v) is 11.9. The fraction of sp³-hybridized carbons (Fsp3) is 0.727. The van der Waals surface area contributed by atoms with Crippen LogP contribution in [0, 0.1) is 10.8 Å². The summed E-state index contributed by atoms with van der Waals surface area (Å²) in [5, 5.41) is 14.9. The van der Waals surface area contributed by atoms with Gasteiger partial charge in [0.15, 0.2) is 0 Å². The molecule has 0 aliphatic carbocycles. The van der Waals surface area contributed by atoms with E-state index in [1.807, 2.05) is 0 Å². The molecule has 0 bridgehead atoms. The SMILES string of the molecule is CC(C)(C)c1cc(C(C)(C)C)[nH]n1.CC(C)(C)c1cc(C(C)(C)C)[nH]n1.[Cu+].[O-][Cl+2]([O-])[O-]. The summed E-state index contributed by atoms with van der Waals surface area (Å²) in [6, 6.07) is 4.33. The van der Waals surface area contributed by atoms with Crippen LogP contribution in [0.4, 0.5) is 0 Å². The molecule has 0 aliphatic rings. The van der Waals surface area contributed by atoms with Gasteiger partial charge in [-0.1, -0.05) is 83.1 Å². The molecule has 2 aromatic heterocycles. The zero-order valence-corrected chi connectivity index (χ0v) is 22.7. The van der Waals surface area contributed by atoms with Crippen molar-refractivity contribution in [1.82, 2.24) is 20.4 Å². The molecular weight excluding hydrogens is 467 g/mol. The van der Waals surface area contributed by atoms with E-state index in [1.54, 1.807) is 0 Å². The number of aromatic nitrogens is 4. The summed E-state index contributed by atoms with van der Waals surface area (Å²) in [4.78, 5) is 0. The van der Waals surface area contributed by atoms with Gasteiger partial charge < -0.3 is 14.0 Å². The van der Waals surface area contributed by atoms with Crippen LogP contribution in [0.15, 0.2) is 12.1 Å². The molecule has 31 heavy (non-hydrogen) atoms. The van der Waals surface area contributed by atoms with E-state index in [-0.39, 0.29) is 38.7 Å². The molecule has 0 aromatic carbocycles. The Labute approximate surface area is 201 Å². The Kier molecular flexibility index (Phi) is 12.3. The predicted octanol–water partition coefficient (Wildman–Crippen LogP) is 2.44. The minimum atomic E-state index is -2.85. The number of nitrogens with one attached hydrogen (secondary N) is 2. The van der Waals surface area contributed by atoms with Gasteiger partial charge in [0.1, 0.15) is 0 Å². The van der Waals surface area contributed by atoms with Crippen LogP contribution in [0.5, 0.6) is 0 Å². The Morgan fingerprint density at radius 3 is 0.903 bits per heavy atom. The van der Waals surface area contributed by atoms with E-state index in [9.17, 15) is 0 Å². The van der Waals surface area contributed by atoms with Crippen molar-refractivity contribution in [3.8, 4) is 0 Å². The van der Waals surface area contributed by atoms with Crippen LogP contribution in [0.2, 0.25) is 0 Å². The van der Waals surface area contributed by atoms with Gasteiger partial charge >= 0.3 is 17.1 Å². The average molecular weight is 508 g/mol. The molecule has 0 atom stereocenters. The first-order valence-corrected chi connectivity index (χ1v) is 10.9. The molecule has 0 fully saturated rings. The summed E-state index contributed by atoms with van der Waals surface area (Å²) in [6.07, 6.45) is 0. The van der Waals surface area contributed by atoms with E-state index in [2.05, 4.69) is 116 Å². The second-order valence-electron chi connectivity index (χ2n) is 11.5. The maximum atomic E-state index is 8.41. The van der Waals surface area contributed by atoms with Crippen LogP contribution in [-0.4, -0.2) is 20.4 Å². The smallest absolute Gasteiger partial charge is 0.357 e. The van der Waals surface area contributed by atoms with Gasteiger partial charge in [0, 0.05) is 33.0 Å². The predicted molar refractivity (Wildman–Crippen MR) is 112 cm³/mol. The first-order chi connectivity index (χ1) is 13.2. The number of halogens is 1. The van der Waals surface area contributed by atoms with Crippen molar-refractivity contribution in [2.75, 3.05) is 0 Å². The largest absolute Gasteiger partial charge is 1.00 e. The molecule has 7 nitrogen and oxygen atoms in total.